The molecule has 0 spiro atoms. The predicted octanol–water partition coefficient (Wildman–Crippen LogP) is 1.47. The minimum Gasteiger partial charge on any atom is -0.396 e. The van der Waals surface area contributed by atoms with Crippen molar-refractivity contribution in [2.45, 2.75) is 46.1 Å². The number of hydrogen-bond acceptors (Lipinski definition) is 3. The minimum atomic E-state index is 0.0409. The summed E-state index contributed by atoms with van der Waals surface area (Å²) in [7, 11) is 0. The zero-order valence-corrected chi connectivity index (χ0v) is 11.1. The van der Waals surface area contributed by atoms with Gasteiger partial charge in [0.15, 0.2) is 0 Å². The number of nitrogens with one attached hydrogen (secondary N) is 1. The highest BCUT2D eigenvalue weighted by molar-refractivity contribution is 4.78. The van der Waals surface area contributed by atoms with E-state index in [1.54, 1.807) is 0 Å². The third-order valence-electron chi connectivity index (χ3n) is 3.84. The summed E-state index contributed by atoms with van der Waals surface area (Å²) in [5.74, 6) is 0. The van der Waals surface area contributed by atoms with Gasteiger partial charge in [0.1, 0.15) is 0 Å². The van der Waals surface area contributed by atoms with E-state index in [9.17, 15) is 5.11 Å². The van der Waals surface area contributed by atoms with Gasteiger partial charge < -0.3 is 15.3 Å². The molecule has 0 aromatic carbocycles. The Morgan fingerprint density at radius 1 is 1.38 bits per heavy atom. The fraction of sp³-hybridized carbons (Fsp3) is 1.00. The molecule has 3 heteroatoms. The van der Waals surface area contributed by atoms with Crippen molar-refractivity contribution in [1.82, 2.24) is 10.2 Å². The van der Waals surface area contributed by atoms with Crippen LogP contribution in [0.25, 0.3) is 0 Å². The molecule has 1 aliphatic heterocycles. The zero-order valence-electron chi connectivity index (χ0n) is 11.1. The van der Waals surface area contributed by atoms with Crippen molar-refractivity contribution in [3.63, 3.8) is 0 Å². The lowest BCUT2D eigenvalue weighted by Gasteiger charge is -2.29. The van der Waals surface area contributed by atoms with E-state index in [4.69, 9.17) is 0 Å². The Hall–Kier alpha value is -0.120. The zero-order chi connectivity index (χ0) is 12.0. The molecule has 2 unspecified atom stereocenters. The van der Waals surface area contributed by atoms with Crippen LogP contribution in [-0.4, -0.2) is 48.8 Å². The number of nitrogens with zero attached hydrogens (tertiary/aromatic N) is 1. The van der Waals surface area contributed by atoms with Gasteiger partial charge in [-0.25, -0.2) is 0 Å². The van der Waals surface area contributed by atoms with E-state index in [-0.39, 0.29) is 12.0 Å². The summed E-state index contributed by atoms with van der Waals surface area (Å²) in [5.41, 5.74) is 0.0409. The van der Waals surface area contributed by atoms with Crippen LogP contribution in [0.4, 0.5) is 0 Å². The van der Waals surface area contributed by atoms with Gasteiger partial charge in [-0.3, -0.25) is 0 Å². The molecule has 2 atom stereocenters. The van der Waals surface area contributed by atoms with E-state index >= 15 is 0 Å². The van der Waals surface area contributed by atoms with E-state index in [1.165, 1.54) is 25.9 Å². The maximum atomic E-state index is 9.33. The van der Waals surface area contributed by atoms with Crippen LogP contribution in [0.3, 0.4) is 0 Å². The Bertz CT molecular complexity index is 186. The second-order valence-corrected chi connectivity index (χ2v) is 5.61. The first-order valence-electron chi connectivity index (χ1n) is 6.66. The topological polar surface area (TPSA) is 35.5 Å². The molecule has 0 saturated carbocycles. The summed E-state index contributed by atoms with van der Waals surface area (Å²) < 4.78 is 0. The van der Waals surface area contributed by atoms with E-state index < -0.39 is 0 Å². The molecular weight excluding hydrogens is 200 g/mol. The van der Waals surface area contributed by atoms with Crippen LogP contribution in [0, 0.1) is 5.41 Å². The Kier molecular flexibility index (Phi) is 5.73. The molecule has 1 saturated heterocycles. The van der Waals surface area contributed by atoms with Crippen LogP contribution >= 0.6 is 0 Å². The number of aliphatic hydroxyl groups excluding tert-OH is 1. The summed E-state index contributed by atoms with van der Waals surface area (Å²) >= 11 is 0. The van der Waals surface area contributed by atoms with E-state index in [2.05, 4.69) is 31.0 Å². The Morgan fingerprint density at radius 3 is 2.50 bits per heavy atom. The smallest absolute Gasteiger partial charge is 0.0496 e. The summed E-state index contributed by atoms with van der Waals surface area (Å²) in [5, 5.41) is 12.9. The molecule has 0 radical (unpaired) electrons. The van der Waals surface area contributed by atoms with Gasteiger partial charge in [0.25, 0.3) is 0 Å². The molecule has 1 rings (SSSR count). The first-order valence-corrected chi connectivity index (χ1v) is 6.66. The van der Waals surface area contributed by atoms with Crippen LogP contribution in [-0.2, 0) is 0 Å². The highest BCUT2D eigenvalue weighted by Gasteiger charge is 2.22. The van der Waals surface area contributed by atoms with Gasteiger partial charge in [0.2, 0.25) is 0 Å². The first-order chi connectivity index (χ1) is 7.59. The van der Waals surface area contributed by atoms with Crippen LogP contribution in [0.15, 0.2) is 0 Å². The average molecular weight is 228 g/mol. The molecular formula is C13H28N2O. The van der Waals surface area contributed by atoms with Crippen molar-refractivity contribution in [2.75, 3.05) is 32.8 Å². The normalized spacial score (nSPS) is 23.2. The molecule has 16 heavy (non-hydrogen) atoms. The fourth-order valence-corrected chi connectivity index (χ4v) is 2.13. The standard InChI is InChI=1S/C13H28N2O/c1-4-13(3,11-16)10-14-12(2)9-15-7-5-6-8-15/h12,14,16H,4-11H2,1-3H3. The lowest BCUT2D eigenvalue weighted by molar-refractivity contribution is 0.130. The summed E-state index contributed by atoms with van der Waals surface area (Å²) in [6.07, 6.45) is 3.74. The number of rotatable bonds is 7. The lowest BCUT2D eigenvalue weighted by Crippen LogP contribution is -2.43. The number of aliphatic hydroxyl groups is 1. The molecule has 96 valence electrons. The first kappa shape index (κ1) is 13.9. The monoisotopic (exact) mass is 228 g/mol. The second-order valence-electron chi connectivity index (χ2n) is 5.61. The Morgan fingerprint density at radius 2 is 2.00 bits per heavy atom. The number of likely N-dealkylation sites (tertiary alicyclic amines) is 1. The van der Waals surface area contributed by atoms with Gasteiger partial charge >= 0.3 is 0 Å². The maximum absolute atomic E-state index is 9.33. The predicted molar refractivity (Wildman–Crippen MR) is 68.6 cm³/mol. The van der Waals surface area contributed by atoms with Gasteiger partial charge in [-0.1, -0.05) is 13.8 Å². The van der Waals surface area contributed by atoms with Gasteiger partial charge in [-0.05, 0) is 39.3 Å². The average Bonchev–Trinajstić information content (AvgIpc) is 2.79. The van der Waals surface area contributed by atoms with Crippen molar-refractivity contribution < 1.29 is 5.11 Å². The molecule has 1 heterocycles. The summed E-state index contributed by atoms with van der Waals surface area (Å²) in [6.45, 7) is 11.4. The van der Waals surface area contributed by atoms with Gasteiger partial charge in [-0.15, -0.1) is 0 Å². The highest BCUT2D eigenvalue weighted by Crippen LogP contribution is 2.18. The molecule has 0 bridgehead atoms. The fourth-order valence-electron chi connectivity index (χ4n) is 2.13. The molecule has 2 N–H and O–H groups in total. The SMILES string of the molecule is CCC(C)(CO)CNC(C)CN1CCCC1. The van der Waals surface area contributed by atoms with Gasteiger partial charge in [-0.2, -0.15) is 0 Å². The molecule has 0 aliphatic carbocycles. The van der Waals surface area contributed by atoms with Crippen molar-refractivity contribution >= 4 is 0 Å². The van der Waals surface area contributed by atoms with Crippen molar-refractivity contribution in [3.8, 4) is 0 Å². The lowest BCUT2D eigenvalue weighted by atomic mass is 9.88. The maximum Gasteiger partial charge on any atom is 0.0496 e. The molecule has 1 fully saturated rings. The summed E-state index contributed by atoms with van der Waals surface area (Å²) in [4.78, 5) is 2.53. The van der Waals surface area contributed by atoms with E-state index in [0.29, 0.717) is 6.04 Å². The Balaban J connectivity index is 2.20. The van der Waals surface area contributed by atoms with Crippen LogP contribution in [0.2, 0.25) is 0 Å². The van der Waals surface area contributed by atoms with E-state index in [0.717, 1.165) is 19.5 Å². The van der Waals surface area contributed by atoms with Crippen molar-refractivity contribution in [3.05, 3.63) is 0 Å². The van der Waals surface area contributed by atoms with Crippen LogP contribution in [0.5, 0.6) is 0 Å². The largest absolute Gasteiger partial charge is 0.396 e. The van der Waals surface area contributed by atoms with E-state index in [1.807, 2.05) is 0 Å². The Labute approximate surface area is 100 Å². The molecule has 3 nitrogen and oxygen atoms in total. The van der Waals surface area contributed by atoms with Gasteiger partial charge in [0.05, 0.1) is 0 Å². The van der Waals surface area contributed by atoms with Crippen LogP contribution in [0.1, 0.15) is 40.0 Å². The molecule has 0 amide bonds. The molecule has 0 aromatic heterocycles. The molecule has 1 aliphatic rings. The molecule has 0 aromatic rings. The number of hydrogen-bond donors (Lipinski definition) is 2. The quantitative estimate of drug-likeness (QED) is 0.692. The second kappa shape index (κ2) is 6.58. The third kappa shape index (κ3) is 4.40. The van der Waals surface area contributed by atoms with Crippen molar-refractivity contribution in [1.29, 1.82) is 0 Å². The highest BCUT2D eigenvalue weighted by atomic mass is 16.3. The van der Waals surface area contributed by atoms with Gasteiger partial charge in [0, 0.05) is 31.2 Å². The summed E-state index contributed by atoms with van der Waals surface area (Å²) in [6, 6.07) is 0.524. The van der Waals surface area contributed by atoms with Crippen molar-refractivity contribution in [2.24, 2.45) is 5.41 Å². The third-order valence-corrected chi connectivity index (χ3v) is 3.84. The van der Waals surface area contributed by atoms with Crippen LogP contribution < -0.4 is 5.32 Å². The minimum absolute atomic E-state index is 0.0409.